The molecule has 3 heterocycles. The second-order valence-electron chi connectivity index (χ2n) is 8.83. The number of aromatic nitrogens is 5. The molecule has 0 aliphatic rings. The molecule has 35 heavy (non-hydrogen) atoms. The van der Waals surface area contributed by atoms with Crippen LogP contribution in [0.3, 0.4) is 0 Å². The van der Waals surface area contributed by atoms with Crippen LogP contribution in [-0.4, -0.2) is 42.8 Å². The number of hydrogen-bond acceptors (Lipinski definition) is 5. The van der Waals surface area contributed by atoms with Crippen molar-refractivity contribution in [3.8, 4) is 0 Å². The van der Waals surface area contributed by atoms with Gasteiger partial charge < -0.3 is 13.9 Å². The first kappa shape index (κ1) is 24.4. The molecule has 0 saturated carbocycles. The molecule has 0 spiro atoms. The summed E-state index contributed by atoms with van der Waals surface area (Å²) < 4.78 is 11.5. The van der Waals surface area contributed by atoms with Crippen LogP contribution in [0.4, 0.5) is 0 Å². The number of rotatable bonds is 9. The van der Waals surface area contributed by atoms with Crippen molar-refractivity contribution < 1.29 is 9.53 Å². The lowest BCUT2D eigenvalue weighted by Gasteiger charge is -2.17. The van der Waals surface area contributed by atoms with E-state index in [2.05, 4.69) is 4.98 Å². The molecule has 184 valence electrons. The Balaban J connectivity index is 1.81. The van der Waals surface area contributed by atoms with Crippen molar-refractivity contribution in [1.82, 2.24) is 23.3 Å². The van der Waals surface area contributed by atoms with Gasteiger partial charge in [0.25, 0.3) is 5.56 Å². The van der Waals surface area contributed by atoms with Crippen LogP contribution in [0.25, 0.3) is 11.2 Å². The van der Waals surface area contributed by atoms with Gasteiger partial charge in [-0.2, -0.15) is 0 Å². The monoisotopic (exact) mass is 477 g/mol. The maximum atomic E-state index is 13.5. The first-order valence-corrected chi connectivity index (χ1v) is 11.7. The zero-order valence-corrected chi connectivity index (χ0v) is 20.8. The molecule has 4 aromatic rings. The topological polar surface area (TPSA) is 93.1 Å². The molecule has 0 amide bonds. The smallest absolute Gasteiger partial charge is 0.333 e. The van der Waals surface area contributed by atoms with Crippen molar-refractivity contribution in [3.63, 3.8) is 0 Å². The third-order valence-corrected chi connectivity index (χ3v) is 6.44. The predicted octanol–water partition coefficient (Wildman–Crippen LogP) is 2.94. The van der Waals surface area contributed by atoms with Gasteiger partial charge in [-0.25, -0.2) is 9.78 Å². The van der Waals surface area contributed by atoms with Crippen LogP contribution in [0.5, 0.6) is 0 Å². The van der Waals surface area contributed by atoms with Gasteiger partial charge in [0.15, 0.2) is 16.9 Å². The van der Waals surface area contributed by atoms with E-state index in [1.807, 2.05) is 68.7 Å². The maximum Gasteiger partial charge on any atom is 0.333 e. The Morgan fingerprint density at radius 1 is 1.11 bits per heavy atom. The van der Waals surface area contributed by atoms with Gasteiger partial charge in [-0.1, -0.05) is 30.3 Å². The van der Waals surface area contributed by atoms with Crippen LogP contribution in [-0.2, 0) is 24.4 Å². The second kappa shape index (κ2) is 9.87. The Labute approximate surface area is 203 Å². The SMILES string of the molecule is CCn1cnc2c1c(=O)n(CC(=O)c1cc(C)n([C@H](C)COC)c1C)c(=O)n2Cc1ccccc1. The van der Waals surface area contributed by atoms with Crippen molar-refractivity contribution in [1.29, 1.82) is 0 Å². The Morgan fingerprint density at radius 2 is 1.83 bits per heavy atom. The molecule has 0 aliphatic carbocycles. The van der Waals surface area contributed by atoms with E-state index in [1.165, 1.54) is 4.57 Å². The van der Waals surface area contributed by atoms with Crippen molar-refractivity contribution in [2.75, 3.05) is 13.7 Å². The number of carbonyl (C=O) groups is 1. The molecule has 1 aromatic carbocycles. The molecule has 4 rings (SSSR count). The lowest BCUT2D eigenvalue weighted by molar-refractivity contribution is 0.0967. The maximum absolute atomic E-state index is 13.5. The summed E-state index contributed by atoms with van der Waals surface area (Å²) in [7, 11) is 1.64. The third-order valence-electron chi connectivity index (χ3n) is 6.44. The second-order valence-corrected chi connectivity index (χ2v) is 8.83. The van der Waals surface area contributed by atoms with E-state index in [0.717, 1.165) is 21.5 Å². The van der Waals surface area contributed by atoms with Gasteiger partial charge in [0.1, 0.15) is 0 Å². The summed E-state index contributed by atoms with van der Waals surface area (Å²) in [6.45, 7) is 8.64. The van der Waals surface area contributed by atoms with Crippen LogP contribution >= 0.6 is 0 Å². The van der Waals surface area contributed by atoms with Crippen molar-refractivity contribution in [2.24, 2.45) is 0 Å². The number of Topliss-reactive ketones (excluding diaryl/α,β-unsaturated/α-hetero) is 1. The molecule has 9 nitrogen and oxygen atoms in total. The normalized spacial score (nSPS) is 12.4. The number of ether oxygens (including phenoxy) is 1. The number of methoxy groups -OCH3 is 1. The Kier molecular flexibility index (Phi) is 6.88. The zero-order chi connectivity index (χ0) is 25.3. The quantitative estimate of drug-likeness (QED) is 0.346. The van der Waals surface area contributed by atoms with Crippen LogP contribution in [0, 0.1) is 13.8 Å². The highest BCUT2D eigenvalue weighted by atomic mass is 16.5. The lowest BCUT2D eigenvalue weighted by Crippen LogP contribution is -2.42. The van der Waals surface area contributed by atoms with Crippen LogP contribution in [0.2, 0.25) is 0 Å². The molecule has 0 N–H and O–H groups in total. The first-order valence-electron chi connectivity index (χ1n) is 11.7. The number of fused-ring (bicyclic) bond motifs is 1. The molecule has 0 fully saturated rings. The van der Waals surface area contributed by atoms with E-state index in [0.29, 0.717) is 29.9 Å². The predicted molar refractivity (Wildman–Crippen MR) is 134 cm³/mol. The Hall–Kier alpha value is -3.72. The summed E-state index contributed by atoms with van der Waals surface area (Å²) in [5.41, 5.74) is 2.67. The Bertz CT molecular complexity index is 1490. The summed E-state index contributed by atoms with van der Waals surface area (Å²) in [4.78, 5) is 44.7. The van der Waals surface area contributed by atoms with E-state index in [1.54, 1.807) is 18.0 Å². The minimum atomic E-state index is -0.553. The molecule has 0 unspecified atom stereocenters. The molecule has 0 aliphatic heterocycles. The highest BCUT2D eigenvalue weighted by molar-refractivity contribution is 5.97. The number of ketones is 1. The number of imidazole rings is 1. The summed E-state index contributed by atoms with van der Waals surface area (Å²) in [6, 6.07) is 11.4. The highest BCUT2D eigenvalue weighted by Gasteiger charge is 2.23. The standard InChI is InChI=1S/C26H31N5O4/c1-6-28-16-27-24-23(28)25(33)30(26(34)29(24)13-20-10-8-7-9-11-20)14-22(32)21-12-17(2)31(19(21)4)18(3)15-35-5/h7-12,16,18H,6,13-15H2,1-5H3/t18-/m1/s1. The lowest BCUT2D eigenvalue weighted by atomic mass is 10.1. The van der Waals surface area contributed by atoms with Crippen LogP contribution < -0.4 is 11.2 Å². The summed E-state index contributed by atoms with van der Waals surface area (Å²) in [6.07, 6.45) is 1.56. The molecule has 9 heteroatoms. The van der Waals surface area contributed by atoms with Gasteiger partial charge in [-0.05, 0) is 39.3 Å². The van der Waals surface area contributed by atoms with E-state index < -0.39 is 11.2 Å². The third kappa shape index (κ3) is 4.39. The number of carbonyl (C=O) groups excluding carboxylic acids is 1. The fourth-order valence-electron chi connectivity index (χ4n) is 4.81. The molecule has 0 saturated heterocycles. The molecule has 3 aromatic heterocycles. The molecular formula is C26H31N5O4. The van der Waals surface area contributed by atoms with E-state index in [4.69, 9.17) is 4.74 Å². The van der Waals surface area contributed by atoms with Gasteiger partial charge >= 0.3 is 5.69 Å². The molecule has 1 atom stereocenters. The first-order chi connectivity index (χ1) is 16.8. The van der Waals surface area contributed by atoms with E-state index in [9.17, 15) is 14.4 Å². The number of benzene rings is 1. The van der Waals surface area contributed by atoms with Gasteiger partial charge in [-0.3, -0.25) is 18.7 Å². The molecular weight excluding hydrogens is 446 g/mol. The average molecular weight is 478 g/mol. The van der Waals surface area contributed by atoms with Gasteiger partial charge in [0, 0.05) is 30.6 Å². The summed E-state index contributed by atoms with van der Waals surface area (Å²) in [5.74, 6) is -0.290. The van der Waals surface area contributed by atoms with Crippen LogP contribution in [0.1, 0.15) is 47.2 Å². The number of nitrogens with zero attached hydrogens (tertiary/aromatic N) is 5. The summed E-state index contributed by atoms with van der Waals surface area (Å²) >= 11 is 0. The Morgan fingerprint density at radius 3 is 2.49 bits per heavy atom. The van der Waals surface area contributed by atoms with E-state index >= 15 is 0 Å². The molecule has 0 bridgehead atoms. The summed E-state index contributed by atoms with van der Waals surface area (Å²) in [5, 5.41) is 0. The minimum absolute atomic E-state index is 0.0441. The van der Waals surface area contributed by atoms with Crippen molar-refractivity contribution in [2.45, 2.75) is 53.4 Å². The van der Waals surface area contributed by atoms with E-state index in [-0.39, 0.29) is 24.9 Å². The minimum Gasteiger partial charge on any atom is -0.383 e. The van der Waals surface area contributed by atoms with Gasteiger partial charge in [0.2, 0.25) is 0 Å². The zero-order valence-electron chi connectivity index (χ0n) is 20.8. The van der Waals surface area contributed by atoms with Gasteiger partial charge in [-0.15, -0.1) is 0 Å². The van der Waals surface area contributed by atoms with Crippen molar-refractivity contribution in [3.05, 3.63) is 86.1 Å². The number of aryl methyl sites for hydroxylation is 2. The largest absolute Gasteiger partial charge is 0.383 e. The molecule has 0 radical (unpaired) electrons. The fraction of sp³-hybridized carbons (Fsp3) is 0.385. The van der Waals surface area contributed by atoms with Crippen molar-refractivity contribution >= 4 is 16.9 Å². The fourth-order valence-corrected chi connectivity index (χ4v) is 4.81. The average Bonchev–Trinajstić information content (AvgIpc) is 3.40. The van der Waals surface area contributed by atoms with Crippen LogP contribution in [0.15, 0.2) is 52.3 Å². The van der Waals surface area contributed by atoms with Gasteiger partial charge in [0.05, 0.1) is 32.1 Å². The number of hydrogen-bond donors (Lipinski definition) is 0. The highest BCUT2D eigenvalue weighted by Crippen LogP contribution is 2.21.